The average molecular weight is 390 g/mol. The number of anilines is 1. The first-order chi connectivity index (χ1) is 13.7. The number of fused-ring (bicyclic) bond motifs is 1. The maximum absolute atomic E-state index is 12.6. The van der Waals surface area contributed by atoms with E-state index in [1.165, 1.54) is 5.56 Å². The largest absolute Gasteiger partial charge is 0.325 e. The minimum atomic E-state index is -0.0913. The zero-order chi connectivity index (χ0) is 19.3. The third-order valence-electron chi connectivity index (χ3n) is 4.64. The van der Waals surface area contributed by atoms with Crippen LogP contribution in [0.15, 0.2) is 78.9 Å². The van der Waals surface area contributed by atoms with E-state index in [4.69, 9.17) is 16.6 Å². The lowest BCUT2D eigenvalue weighted by molar-refractivity contribution is -0.116. The second kappa shape index (κ2) is 8.28. The van der Waals surface area contributed by atoms with Gasteiger partial charge in [0.1, 0.15) is 12.4 Å². The van der Waals surface area contributed by atoms with Crippen LogP contribution in [0.3, 0.4) is 0 Å². The summed E-state index contributed by atoms with van der Waals surface area (Å²) < 4.78 is 2.00. The summed E-state index contributed by atoms with van der Waals surface area (Å²) in [4.78, 5) is 17.4. The first-order valence-electron chi connectivity index (χ1n) is 9.22. The highest BCUT2D eigenvalue weighted by Crippen LogP contribution is 2.19. The molecular weight excluding hydrogens is 370 g/mol. The number of nitrogens with zero attached hydrogens (tertiary/aromatic N) is 2. The second-order valence-electron chi connectivity index (χ2n) is 6.64. The quantitative estimate of drug-likeness (QED) is 0.498. The van der Waals surface area contributed by atoms with Gasteiger partial charge in [-0.2, -0.15) is 0 Å². The zero-order valence-electron chi connectivity index (χ0n) is 15.3. The molecule has 0 aliphatic heterocycles. The van der Waals surface area contributed by atoms with E-state index in [-0.39, 0.29) is 12.5 Å². The fraction of sp³-hybridized carbons (Fsp3) is 0.130. The number of hydrogen-bond acceptors (Lipinski definition) is 2. The van der Waals surface area contributed by atoms with Gasteiger partial charge in [-0.3, -0.25) is 4.79 Å². The summed E-state index contributed by atoms with van der Waals surface area (Å²) in [7, 11) is 0. The van der Waals surface area contributed by atoms with Crippen molar-refractivity contribution in [1.29, 1.82) is 0 Å². The lowest BCUT2D eigenvalue weighted by atomic mass is 10.1. The molecule has 1 amide bonds. The molecule has 4 nitrogen and oxygen atoms in total. The monoisotopic (exact) mass is 389 g/mol. The summed E-state index contributed by atoms with van der Waals surface area (Å²) >= 11 is 5.91. The van der Waals surface area contributed by atoms with Crippen LogP contribution in [-0.2, 0) is 24.2 Å². The summed E-state index contributed by atoms with van der Waals surface area (Å²) in [5.74, 6) is 0.822. The summed E-state index contributed by atoms with van der Waals surface area (Å²) in [6, 6.07) is 25.3. The highest BCUT2D eigenvalue weighted by molar-refractivity contribution is 6.30. The molecule has 4 rings (SSSR count). The molecule has 0 saturated heterocycles. The van der Waals surface area contributed by atoms with E-state index >= 15 is 0 Å². The first-order valence-corrected chi connectivity index (χ1v) is 9.60. The van der Waals surface area contributed by atoms with E-state index in [1.54, 1.807) is 24.3 Å². The van der Waals surface area contributed by atoms with Crippen LogP contribution in [0.5, 0.6) is 0 Å². The van der Waals surface area contributed by atoms with E-state index in [2.05, 4.69) is 17.4 Å². The molecule has 0 saturated carbocycles. The number of hydrogen-bond donors (Lipinski definition) is 1. The van der Waals surface area contributed by atoms with Gasteiger partial charge in [0.2, 0.25) is 5.91 Å². The minimum Gasteiger partial charge on any atom is -0.325 e. The average Bonchev–Trinajstić information content (AvgIpc) is 3.06. The molecule has 0 aliphatic rings. The Morgan fingerprint density at radius 3 is 2.39 bits per heavy atom. The number of rotatable bonds is 6. The van der Waals surface area contributed by atoms with Crippen LogP contribution in [0.1, 0.15) is 11.4 Å². The highest BCUT2D eigenvalue weighted by Gasteiger charge is 2.14. The van der Waals surface area contributed by atoms with E-state index in [0.717, 1.165) is 35.4 Å². The number of carbonyl (C=O) groups excluding carboxylic acids is 1. The van der Waals surface area contributed by atoms with Gasteiger partial charge in [-0.25, -0.2) is 4.98 Å². The number of nitrogens with one attached hydrogen (secondary N) is 1. The topological polar surface area (TPSA) is 46.9 Å². The lowest BCUT2D eigenvalue weighted by Gasteiger charge is -2.10. The van der Waals surface area contributed by atoms with Crippen LogP contribution in [0, 0.1) is 0 Å². The summed E-state index contributed by atoms with van der Waals surface area (Å²) in [5.41, 5.74) is 3.86. The van der Waals surface area contributed by atoms with Crippen molar-refractivity contribution in [2.75, 3.05) is 5.32 Å². The summed E-state index contributed by atoms with van der Waals surface area (Å²) in [5, 5.41) is 3.57. The van der Waals surface area contributed by atoms with Gasteiger partial charge in [-0.1, -0.05) is 54.1 Å². The zero-order valence-corrected chi connectivity index (χ0v) is 16.1. The number of halogens is 1. The maximum Gasteiger partial charge on any atom is 0.244 e. The van der Waals surface area contributed by atoms with E-state index < -0.39 is 0 Å². The molecule has 0 fully saturated rings. The Morgan fingerprint density at radius 2 is 1.61 bits per heavy atom. The van der Waals surface area contributed by atoms with Crippen LogP contribution in [0.2, 0.25) is 5.02 Å². The van der Waals surface area contributed by atoms with Crippen molar-refractivity contribution in [3.8, 4) is 0 Å². The van der Waals surface area contributed by atoms with Gasteiger partial charge in [0.25, 0.3) is 0 Å². The van der Waals surface area contributed by atoms with Gasteiger partial charge < -0.3 is 9.88 Å². The van der Waals surface area contributed by atoms with Crippen molar-refractivity contribution in [2.45, 2.75) is 19.4 Å². The molecule has 0 bridgehead atoms. The Labute approximate surface area is 168 Å². The Bertz CT molecular complexity index is 1090. The number of aryl methyl sites for hydroxylation is 2. The smallest absolute Gasteiger partial charge is 0.244 e. The molecule has 5 heteroatoms. The van der Waals surface area contributed by atoms with Crippen molar-refractivity contribution in [3.05, 3.63) is 95.3 Å². The number of benzene rings is 3. The number of para-hydroxylation sites is 2. The molecule has 1 N–H and O–H groups in total. The fourth-order valence-corrected chi connectivity index (χ4v) is 3.40. The molecule has 0 unspecified atom stereocenters. The van der Waals surface area contributed by atoms with Crippen LogP contribution in [0.4, 0.5) is 5.69 Å². The molecule has 4 aromatic rings. The first kappa shape index (κ1) is 18.3. The van der Waals surface area contributed by atoms with E-state index in [1.807, 2.05) is 47.0 Å². The van der Waals surface area contributed by atoms with Gasteiger partial charge in [-0.05, 0) is 48.4 Å². The van der Waals surface area contributed by atoms with Gasteiger partial charge in [0, 0.05) is 17.1 Å². The molecule has 0 atom stereocenters. The second-order valence-corrected chi connectivity index (χ2v) is 7.08. The van der Waals surface area contributed by atoms with E-state index in [0.29, 0.717) is 5.02 Å². The Balaban J connectivity index is 1.55. The Morgan fingerprint density at radius 1 is 0.893 bits per heavy atom. The predicted molar refractivity (Wildman–Crippen MR) is 114 cm³/mol. The molecule has 1 aromatic heterocycles. The van der Waals surface area contributed by atoms with Crippen LogP contribution in [0.25, 0.3) is 11.0 Å². The summed E-state index contributed by atoms with van der Waals surface area (Å²) in [6.07, 6.45) is 1.65. The van der Waals surface area contributed by atoms with Crippen molar-refractivity contribution < 1.29 is 4.79 Å². The molecule has 3 aromatic carbocycles. The third-order valence-corrected chi connectivity index (χ3v) is 4.90. The number of aromatic nitrogens is 2. The van der Waals surface area contributed by atoms with Crippen LogP contribution >= 0.6 is 11.6 Å². The van der Waals surface area contributed by atoms with E-state index in [9.17, 15) is 4.79 Å². The van der Waals surface area contributed by atoms with Crippen molar-refractivity contribution in [1.82, 2.24) is 9.55 Å². The Kier molecular flexibility index (Phi) is 5.40. The lowest BCUT2D eigenvalue weighted by Crippen LogP contribution is -2.20. The highest BCUT2D eigenvalue weighted by atomic mass is 35.5. The number of amides is 1. The predicted octanol–water partition coefficient (Wildman–Crippen LogP) is 5.11. The normalized spacial score (nSPS) is 10.9. The molecule has 28 heavy (non-hydrogen) atoms. The molecule has 0 spiro atoms. The van der Waals surface area contributed by atoms with Gasteiger partial charge in [0.05, 0.1) is 11.0 Å². The molecular formula is C23H20ClN3O. The minimum absolute atomic E-state index is 0.0913. The molecule has 0 aliphatic carbocycles. The van der Waals surface area contributed by atoms with Crippen LogP contribution < -0.4 is 5.32 Å². The van der Waals surface area contributed by atoms with Crippen LogP contribution in [-0.4, -0.2) is 15.5 Å². The third kappa shape index (κ3) is 4.24. The van der Waals surface area contributed by atoms with Crippen molar-refractivity contribution >= 4 is 34.2 Å². The van der Waals surface area contributed by atoms with Gasteiger partial charge in [0.15, 0.2) is 0 Å². The molecule has 0 radical (unpaired) electrons. The van der Waals surface area contributed by atoms with Crippen molar-refractivity contribution in [3.63, 3.8) is 0 Å². The standard InChI is InChI=1S/C23H20ClN3O/c24-18-11-13-19(14-12-18)25-23(28)16-27-21-9-5-4-8-20(21)26-22(27)15-10-17-6-2-1-3-7-17/h1-9,11-14H,10,15-16H2,(H,25,28). The number of imidazole rings is 1. The van der Waals surface area contributed by atoms with Crippen molar-refractivity contribution in [2.24, 2.45) is 0 Å². The maximum atomic E-state index is 12.6. The molecule has 140 valence electrons. The number of carbonyl (C=O) groups is 1. The Hall–Kier alpha value is -3.11. The summed E-state index contributed by atoms with van der Waals surface area (Å²) in [6.45, 7) is 0.216. The van der Waals surface area contributed by atoms with Gasteiger partial charge >= 0.3 is 0 Å². The van der Waals surface area contributed by atoms with Gasteiger partial charge in [-0.15, -0.1) is 0 Å². The SMILES string of the molecule is O=C(Cn1c(CCc2ccccc2)nc2ccccc21)Nc1ccc(Cl)cc1. The molecule has 1 heterocycles. The fourth-order valence-electron chi connectivity index (χ4n) is 3.27.